The lowest BCUT2D eigenvalue weighted by Gasteiger charge is -2.12. The zero-order chi connectivity index (χ0) is 13.5. The smallest absolute Gasteiger partial charge is 0.315 e. The zero-order valence-electron chi connectivity index (χ0n) is 11.2. The molecule has 1 aromatic rings. The van der Waals surface area contributed by atoms with Gasteiger partial charge in [-0.3, -0.25) is 0 Å². The van der Waals surface area contributed by atoms with E-state index in [-0.39, 0.29) is 6.03 Å². The molecule has 0 heterocycles. The van der Waals surface area contributed by atoms with Gasteiger partial charge in [-0.2, -0.15) is 0 Å². The van der Waals surface area contributed by atoms with Crippen molar-refractivity contribution in [2.75, 3.05) is 6.54 Å². The number of carbonyl (C=O) groups excluding carboxylic acids is 1. The molecule has 1 saturated carbocycles. The summed E-state index contributed by atoms with van der Waals surface area (Å²) < 4.78 is 0. The predicted molar refractivity (Wildman–Crippen MR) is 75.2 cm³/mol. The Bertz CT molecular complexity index is 414. The molecule has 1 aliphatic carbocycles. The van der Waals surface area contributed by atoms with Gasteiger partial charge in [0.25, 0.3) is 0 Å². The molecule has 19 heavy (non-hydrogen) atoms. The van der Waals surface area contributed by atoms with Crippen LogP contribution in [-0.4, -0.2) is 23.7 Å². The molecule has 1 fully saturated rings. The van der Waals surface area contributed by atoms with Crippen molar-refractivity contribution in [3.63, 3.8) is 0 Å². The van der Waals surface area contributed by atoms with Gasteiger partial charge in [-0.25, -0.2) is 4.79 Å². The van der Waals surface area contributed by atoms with E-state index < -0.39 is 0 Å². The summed E-state index contributed by atoms with van der Waals surface area (Å²) in [5.41, 5.74) is 1.10. The van der Waals surface area contributed by atoms with E-state index in [1.807, 2.05) is 12.1 Å². The maximum Gasteiger partial charge on any atom is 0.315 e. The number of amides is 2. The monoisotopic (exact) mass is 262 g/mol. The molecule has 1 aliphatic rings. The van der Waals surface area contributed by atoms with Crippen molar-refractivity contribution in [1.82, 2.24) is 10.6 Å². The van der Waals surface area contributed by atoms with Crippen LogP contribution < -0.4 is 10.6 Å². The summed E-state index contributed by atoms with van der Waals surface area (Å²) in [5, 5.41) is 15.2. The number of carbonyl (C=O) groups is 1. The van der Waals surface area contributed by atoms with Gasteiger partial charge >= 0.3 is 6.03 Å². The van der Waals surface area contributed by atoms with Gasteiger partial charge < -0.3 is 15.7 Å². The highest BCUT2D eigenvalue weighted by atomic mass is 16.3. The second-order valence-electron chi connectivity index (χ2n) is 5.16. The summed E-state index contributed by atoms with van der Waals surface area (Å²) >= 11 is 0. The highest BCUT2D eigenvalue weighted by Gasteiger charge is 2.16. The molecule has 3 N–H and O–H groups in total. The van der Waals surface area contributed by atoms with Crippen molar-refractivity contribution < 1.29 is 9.90 Å². The molecular weight excluding hydrogens is 240 g/mol. The van der Waals surface area contributed by atoms with Crippen molar-refractivity contribution in [2.24, 2.45) is 0 Å². The number of benzene rings is 1. The lowest BCUT2D eigenvalue weighted by molar-refractivity contribution is 0.237. The van der Waals surface area contributed by atoms with E-state index >= 15 is 0 Å². The van der Waals surface area contributed by atoms with Crippen LogP contribution in [0.2, 0.25) is 0 Å². The first-order valence-corrected chi connectivity index (χ1v) is 7.06. The number of hydrogen-bond acceptors (Lipinski definition) is 2. The molecule has 0 aromatic heterocycles. The Balaban J connectivity index is 1.59. The molecule has 2 amide bonds. The molecule has 2 rings (SSSR count). The molecule has 0 unspecified atom stereocenters. The van der Waals surface area contributed by atoms with Gasteiger partial charge in [-0.05, 0) is 43.4 Å². The number of phenols is 1. The minimum Gasteiger partial charge on any atom is -0.508 e. The van der Waals surface area contributed by atoms with E-state index in [1.165, 1.54) is 12.8 Å². The van der Waals surface area contributed by atoms with Gasteiger partial charge in [-0.1, -0.05) is 25.0 Å². The van der Waals surface area contributed by atoms with Crippen LogP contribution >= 0.6 is 0 Å². The maximum atomic E-state index is 11.6. The Morgan fingerprint density at radius 2 is 2.11 bits per heavy atom. The molecule has 0 spiro atoms. The third-order valence-electron chi connectivity index (χ3n) is 3.53. The molecule has 0 bridgehead atoms. The number of hydrogen-bond donors (Lipinski definition) is 3. The van der Waals surface area contributed by atoms with E-state index in [2.05, 4.69) is 10.6 Å². The SMILES string of the molecule is O=C(NCCCc1cccc(O)c1)NC1CCCC1. The van der Waals surface area contributed by atoms with E-state index in [9.17, 15) is 9.90 Å². The lowest BCUT2D eigenvalue weighted by atomic mass is 10.1. The Morgan fingerprint density at radius 3 is 2.84 bits per heavy atom. The largest absolute Gasteiger partial charge is 0.508 e. The number of phenolic OH excluding ortho intramolecular Hbond substituents is 1. The van der Waals surface area contributed by atoms with Crippen molar-refractivity contribution in [3.05, 3.63) is 29.8 Å². The number of urea groups is 1. The third kappa shape index (κ3) is 4.81. The fourth-order valence-electron chi connectivity index (χ4n) is 2.51. The molecule has 104 valence electrons. The van der Waals surface area contributed by atoms with Crippen LogP contribution in [0.15, 0.2) is 24.3 Å². The van der Waals surface area contributed by atoms with E-state index in [0.717, 1.165) is 31.2 Å². The van der Waals surface area contributed by atoms with E-state index in [0.29, 0.717) is 18.3 Å². The molecular formula is C15H22N2O2. The van der Waals surface area contributed by atoms with Crippen molar-refractivity contribution in [1.29, 1.82) is 0 Å². The fraction of sp³-hybridized carbons (Fsp3) is 0.533. The number of aryl methyl sites for hydroxylation is 1. The van der Waals surface area contributed by atoms with Gasteiger partial charge in [0.2, 0.25) is 0 Å². The molecule has 0 aliphatic heterocycles. The van der Waals surface area contributed by atoms with Crippen LogP contribution in [0.1, 0.15) is 37.7 Å². The summed E-state index contributed by atoms with van der Waals surface area (Å²) in [6.07, 6.45) is 6.40. The number of aromatic hydroxyl groups is 1. The highest BCUT2D eigenvalue weighted by Crippen LogP contribution is 2.17. The van der Waals surface area contributed by atoms with Crippen LogP contribution in [0.25, 0.3) is 0 Å². The Hall–Kier alpha value is -1.71. The normalized spacial score (nSPS) is 15.4. The van der Waals surface area contributed by atoms with Crippen LogP contribution in [0.4, 0.5) is 4.79 Å². The van der Waals surface area contributed by atoms with Crippen molar-refractivity contribution >= 4 is 6.03 Å². The Kier molecular flexibility index (Phi) is 5.07. The molecule has 0 saturated heterocycles. The fourth-order valence-corrected chi connectivity index (χ4v) is 2.51. The average Bonchev–Trinajstić information content (AvgIpc) is 2.87. The Labute approximate surface area is 114 Å². The van der Waals surface area contributed by atoms with Crippen molar-refractivity contribution in [3.8, 4) is 5.75 Å². The van der Waals surface area contributed by atoms with Crippen LogP contribution in [0.5, 0.6) is 5.75 Å². The maximum absolute atomic E-state index is 11.6. The first kappa shape index (κ1) is 13.7. The predicted octanol–water partition coefficient (Wildman–Crippen LogP) is 2.57. The van der Waals surface area contributed by atoms with E-state index in [4.69, 9.17) is 0 Å². The second kappa shape index (κ2) is 7.02. The molecule has 0 atom stereocenters. The zero-order valence-corrected chi connectivity index (χ0v) is 11.2. The summed E-state index contributed by atoms with van der Waals surface area (Å²) in [4.78, 5) is 11.6. The quantitative estimate of drug-likeness (QED) is 0.714. The van der Waals surface area contributed by atoms with Gasteiger partial charge in [-0.15, -0.1) is 0 Å². The molecule has 4 nitrogen and oxygen atoms in total. The highest BCUT2D eigenvalue weighted by molar-refractivity contribution is 5.74. The first-order chi connectivity index (χ1) is 9.24. The summed E-state index contributed by atoms with van der Waals surface area (Å²) in [6.45, 7) is 0.661. The average molecular weight is 262 g/mol. The summed E-state index contributed by atoms with van der Waals surface area (Å²) in [7, 11) is 0. The minimum atomic E-state index is -0.0530. The second-order valence-corrected chi connectivity index (χ2v) is 5.16. The summed E-state index contributed by atoms with van der Waals surface area (Å²) in [5.74, 6) is 0.296. The van der Waals surface area contributed by atoms with Gasteiger partial charge in [0.05, 0.1) is 0 Å². The van der Waals surface area contributed by atoms with Gasteiger partial charge in [0, 0.05) is 12.6 Å². The van der Waals surface area contributed by atoms with Gasteiger partial charge in [0.15, 0.2) is 0 Å². The molecule has 4 heteroatoms. The standard InChI is InChI=1S/C15H22N2O2/c18-14-9-3-5-12(11-14)6-4-10-16-15(19)17-13-7-1-2-8-13/h3,5,9,11,13,18H,1-2,4,6-8,10H2,(H2,16,17,19). The first-order valence-electron chi connectivity index (χ1n) is 7.06. The Morgan fingerprint density at radius 1 is 1.32 bits per heavy atom. The molecule has 1 aromatic carbocycles. The van der Waals surface area contributed by atoms with Crippen LogP contribution in [0.3, 0.4) is 0 Å². The number of nitrogens with one attached hydrogen (secondary N) is 2. The van der Waals surface area contributed by atoms with E-state index in [1.54, 1.807) is 12.1 Å². The third-order valence-corrected chi connectivity index (χ3v) is 3.53. The van der Waals surface area contributed by atoms with Gasteiger partial charge in [0.1, 0.15) is 5.75 Å². The topological polar surface area (TPSA) is 61.4 Å². The molecule has 0 radical (unpaired) electrons. The number of rotatable bonds is 5. The van der Waals surface area contributed by atoms with Crippen molar-refractivity contribution in [2.45, 2.75) is 44.6 Å². The van der Waals surface area contributed by atoms with Crippen LogP contribution in [0, 0.1) is 0 Å². The lowest BCUT2D eigenvalue weighted by Crippen LogP contribution is -2.41. The van der Waals surface area contributed by atoms with Crippen LogP contribution in [-0.2, 0) is 6.42 Å². The minimum absolute atomic E-state index is 0.0530. The summed E-state index contributed by atoms with van der Waals surface area (Å²) in [6, 6.07) is 7.56.